The monoisotopic (exact) mass is 160 g/mol. The van der Waals surface area contributed by atoms with Crippen LogP contribution in [0.4, 0.5) is 0 Å². The molecule has 0 nitrogen and oxygen atoms in total. The van der Waals surface area contributed by atoms with Gasteiger partial charge in [0.2, 0.25) is 0 Å². The summed E-state index contributed by atoms with van der Waals surface area (Å²) in [5.74, 6) is 0. The molecule has 0 aliphatic heterocycles. The van der Waals surface area contributed by atoms with Crippen LogP contribution in [0.25, 0.3) is 0 Å². The van der Waals surface area contributed by atoms with Crippen molar-refractivity contribution in [2.75, 3.05) is 0 Å². The van der Waals surface area contributed by atoms with Gasteiger partial charge in [-0.05, 0) is 24.7 Å². The zero-order chi connectivity index (χ0) is 9.35. The van der Waals surface area contributed by atoms with E-state index in [4.69, 9.17) is 0 Å². The summed E-state index contributed by atoms with van der Waals surface area (Å²) >= 11 is 0. The van der Waals surface area contributed by atoms with Gasteiger partial charge in [0.25, 0.3) is 0 Å². The van der Waals surface area contributed by atoms with Crippen LogP contribution in [0.2, 0.25) is 0 Å². The first-order valence-corrected chi connectivity index (χ1v) is 4.48. The highest BCUT2D eigenvalue weighted by molar-refractivity contribution is 6.15. The van der Waals surface area contributed by atoms with Gasteiger partial charge in [-0.2, -0.15) is 0 Å². The number of aryl methyl sites for hydroxylation is 2. The van der Waals surface area contributed by atoms with Crippen molar-refractivity contribution in [1.29, 1.82) is 0 Å². The summed E-state index contributed by atoms with van der Waals surface area (Å²) in [6.45, 7) is 8.81. The van der Waals surface area contributed by atoms with Crippen LogP contribution in [0, 0.1) is 13.8 Å². The van der Waals surface area contributed by atoms with E-state index in [0.29, 0.717) is 0 Å². The lowest BCUT2D eigenvalue weighted by molar-refractivity contribution is 0.762. The number of benzene rings is 1. The van der Waals surface area contributed by atoms with Gasteiger partial charge < -0.3 is 0 Å². The zero-order valence-electron chi connectivity index (χ0n) is 8.73. The predicted octanol–water partition coefficient (Wildman–Crippen LogP) is 2.17. The van der Waals surface area contributed by atoms with Gasteiger partial charge in [-0.25, -0.2) is 0 Å². The molecule has 0 saturated heterocycles. The van der Waals surface area contributed by atoms with Gasteiger partial charge in [0.05, 0.1) is 0 Å². The molecule has 0 unspecified atom stereocenters. The fourth-order valence-corrected chi connectivity index (χ4v) is 1.41. The van der Waals surface area contributed by atoms with Gasteiger partial charge in [-0.3, -0.25) is 0 Å². The molecule has 1 heteroatoms. The molecule has 0 heterocycles. The molecular formula is C11H17B. The SMILES string of the molecule is BC(C)(C)c1cc(C)cc(C)c1. The Balaban J connectivity index is 3.18. The Morgan fingerprint density at radius 3 is 1.75 bits per heavy atom. The van der Waals surface area contributed by atoms with Crippen LogP contribution in [0.15, 0.2) is 18.2 Å². The van der Waals surface area contributed by atoms with Crippen LogP contribution >= 0.6 is 0 Å². The highest BCUT2D eigenvalue weighted by Gasteiger charge is 2.13. The van der Waals surface area contributed by atoms with Crippen molar-refractivity contribution in [2.45, 2.75) is 33.0 Å². The van der Waals surface area contributed by atoms with Gasteiger partial charge in [-0.15, -0.1) is 0 Å². The van der Waals surface area contributed by atoms with Gasteiger partial charge in [0, 0.05) is 0 Å². The maximum Gasteiger partial charge on any atom is 0.114 e. The molecular weight excluding hydrogens is 143 g/mol. The van der Waals surface area contributed by atoms with Crippen LogP contribution in [-0.4, -0.2) is 7.85 Å². The lowest BCUT2D eigenvalue weighted by Crippen LogP contribution is -2.16. The summed E-state index contributed by atoms with van der Waals surface area (Å²) in [5, 5.41) is 0.275. The van der Waals surface area contributed by atoms with Crippen molar-refractivity contribution in [3.8, 4) is 0 Å². The summed E-state index contributed by atoms with van der Waals surface area (Å²) in [6.07, 6.45) is 0. The molecule has 0 amide bonds. The van der Waals surface area contributed by atoms with Crippen molar-refractivity contribution >= 4 is 7.85 Å². The maximum atomic E-state index is 2.27. The molecule has 0 aliphatic rings. The van der Waals surface area contributed by atoms with Crippen LogP contribution in [0.5, 0.6) is 0 Å². The lowest BCUT2D eigenvalue weighted by atomic mass is 9.67. The number of hydrogen-bond acceptors (Lipinski definition) is 0. The Bertz CT molecular complexity index is 261. The topological polar surface area (TPSA) is 0 Å². The molecule has 0 N–H and O–H groups in total. The third kappa shape index (κ3) is 2.13. The number of hydrogen-bond donors (Lipinski definition) is 0. The third-order valence-corrected chi connectivity index (χ3v) is 2.09. The van der Waals surface area contributed by atoms with Crippen LogP contribution in [0.1, 0.15) is 30.5 Å². The van der Waals surface area contributed by atoms with E-state index in [2.05, 4.69) is 53.7 Å². The molecule has 1 rings (SSSR count). The molecule has 0 radical (unpaired) electrons. The highest BCUT2D eigenvalue weighted by atomic mass is 14.1. The first-order chi connectivity index (χ1) is 5.39. The van der Waals surface area contributed by atoms with Crippen molar-refractivity contribution in [3.05, 3.63) is 34.9 Å². The van der Waals surface area contributed by atoms with Crippen LogP contribution < -0.4 is 0 Å². The van der Waals surface area contributed by atoms with E-state index in [0.717, 1.165) is 0 Å². The van der Waals surface area contributed by atoms with Gasteiger partial charge in [0.15, 0.2) is 0 Å². The third-order valence-electron chi connectivity index (χ3n) is 2.09. The molecule has 0 atom stereocenters. The molecule has 0 aromatic heterocycles. The van der Waals surface area contributed by atoms with E-state index < -0.39 is 0 Å². The standard InChI is InChI=1S/C11H17B/c1-8-5-9(2)7-10(6-8)11(3,4)12/h5-7H,12H2,1-4H3. The largest absolute Gasteiger partial charge is 0.114 e. The maximum absolute atomic E-state index is 2.27. The van der Waals surface area contributed by atoms with Gasteiger partial charge in [-0.1, -0.05) is 43.2 Å². The summed E-state index contributed by atoms with van der Waals surface area (Å²) in [7, 11) is 2.25. The minimum absolute atomic E-state index is 0.275. The summed E-state index contributed by atoms with van der Waals surface area (Å²) in [4.78, 5) is 0. The Labute approximate surface area is 76.4 Å². The Hall–Kier alpha value is -0.715. The van der Waals surface area contributed by atoms with E-state index in [-0.39, 0.29) is 5.31 Å². The van der Waals surface area contributed by atoms with E-state index in [1.54, 1.807) is 0 Å². The van der Waals surface area contributed by atoms with Crippen LogP contribution in [0.3, 0.4) is 0 Å². The fraction of sp³-hybridized carbons (Fsp3) is 0.455. The molecule has 1 aromatic rings. The molecule has 64 valence electrons. The highest BCUT2D eigenvalue weighted by Crippen LogP contribution is 2.21. The van der Waals surface area contributed by atoms with Gasteiger partial charge >= 0.3 is 0 Å². The van der Waals surface area contributed by atoms with Crippen LogP contribution in [-0.2, 0) is 5.31 Å². The fourth-order valence-electron chi connectivity index (χ4n) is 1.41. The second-order valence-corrected chi connectivity index (χ2v) is 4.63. The quantitative estimate of drug-likeness (QED) is 0.552. The van der Waals surface area contributed by atoms with E-state index in [9.17, 15) is 0 Å². The average Bonchev–Trinajstić information content (AvgIpc) is 1.82. The first kappa shape index (κ1) is 9.37. The summed E-state index contributed by atoms with van der Waals surface area (Å²) in [6, 6.07) is 6.76. The smallest absolute Gasteiger partial charge is 0.0632 e. The molecule has 12 heavy (non-hydrogen) atoms. The molecule has 0 spiro atoms. The minimum atomic E-state index is 0.275. The molecule has 0 saturated carbocycles. The van der Waals surface area contributed by atoms with Crippen molar-refractivity contribution in [2.24, 2.45) is 0 Å². The predicted molar refractivity (Wildman–Crippen MR) is 57.5 cm³/mol. The molecule has 0 fully saturated rings. The summed E-state index contributed by atoms with van der Waals surface area (Å²) in [5.41, 5.74) is 4.15. The zero-order valence-corrected chi connectivity index (χ0v) is 8.73. The van der Waals surface area contributed by atoms with E-state index in [1.807, 2.05) is 0 Å². The lowest BCUT2D eigenvalue weighted by Gasteiger charge is -2.20. The van der Waals surface area contributed by atoms with Gasteiger partial charge in [0.1, 0.15) is 7.85 Å². The van der Waals surface area contributed by atoms with Crippen molar-refractivity contribution < 1.29 is 0 Å². The normalized spacial score (nSPS) is 11.7. The first-order valence-electron chi connectivity index (χ1n) is 4.48. The summed E-state index contributed by atoms with van der Waals surface area (Å²) < 4.78 is 0. The molecule has 0 bridgehead atoms. The second-order valence-electron chi connectivity index (χ2n) is 4.63. The Morgan fingerprint density at radius 2 is 1.42 bits per heavy atom. The Morgan fingerprint density at radius 1 is 1.00 bits per heavy atom. The van der Waals surface area contributed by atoms with E-state index in [1.165, 1.54) is 16.7 Å². The van der Waals surface area contributed by atoms with Crippen molar-refractivity contribution in [3.63, 3.8) is 0 Å². The Kier molecular flexibility index (Phi) is 2.32. The molecule has 1 aromatic carbocycles. The minimum Gasteiger partial charge on any atom is -0.0632 e. The second kappa shape index (κ2) is 2.97. The number of rotatable bonds is 1. The van der Waals surface area contributed by atoms with E-state index >= 15 is 0 Å². The molecule has 0 aliphatic carbocycles. The average molecular weight is 160 g/mol. The van der Waals surface area contributed by atoms with Crippen molar-refractivity contribution in [1.82, 2.24) is 0 Å².